The first-order valence-corrected chi connectivity index (χ1v) is 7.11. The topological polar surface area (TPSA) is 41.8 Å². The summed E-state index contributed by atoms with van der Waals surface area (Å²) in [6, 6.07) is 6.40. The van der Waals surface area contributed by atoms with Gasteiger partial charge in [0.2, 0.25) is 0 Å². The van der Waals surface area contributed by atoms with Gasteiger partial charge in [0.25, 0.3) is 0 Å². The lowest BCUT2D eigenvalue weighted by atomic mass is 9.68. The van der Waals surface area contributed by atoms with E-state index in [0.29, 0.717) is 6.54 Å². The average Bonchev–Trinajstić information content (AvgIpc) is 2.81. The van der Waals surface area contributed by atoms with Crippen molar-refractivity contribution >= 4 is 22.5 Å². The highest BCUT2D eigenvalue weighted by atomic mass is 35.5. The van der Waals surface area contributed by atoms with Gasteiger partial charge in [-0.3, -0.25) is 0 Å². The summed E-state index contributed by atoms with van der Waals surface area (Å²) in [4.78, 5) is 3.24. The van der Waals surface area contributed by atoms with Crippen LogP contribution in [-0.4, -0.2) is 11.5 Å². The van der Waals surface area contributed by atoms with E-state index in [-0.39, 0.29) is 5.41 Å². The molecule has 0 bridgehead atoms. The molecule has 3 heteroatoms. The highest BCUT2D eigenvalue weighted by Gasteiger charge is 2.34. The smallest absolute Gasteiger partial charge is 0.0662 e. The molecule has 1 aliphatic carbocycles. The minimum atomic E-state index is 0.129. The van der Waals surface area contributed by atoms with Crippen molar-refractivity contribution in [1.82, 2.24) is 4.98 Å². The first-order valence-electron chi connectivity index (χ1n) is 6.73. The molecule has 1 saturated carbocycles. The zero-order valence-corrected chi connectivity index (χ0v) is 11.3. The number of halogens is 1. The monoisotopic (exact) mass is 262 g/mol. The van der Waals surface area contributed by atoms with Crippen LogP contribution >= 0.6 is 11.6 Å². The summed E-state index contributed by atoms with van der Waals surface area (Å²) in [5, 5.41) is 1.99. The molecule has 1 aliphatic rings. The van der Waals surface area contributed by atoms with E-state index in [4.69, 9.17) is 17.3 Å². The third-order valence-electron chi connectivity index (χ3n) is 4.43. The van der Waals surface area contributed by atoms with Gasteiger partial charge in [0, 0.05) is 29.1 Å². The van der Waals surface area contributed by atoms with E-state index in [1.54, 1.807) is 0 Å². The lowest BCUT2D eigenvalue weighted by Crippen LogP contribution is -2.37. The first-order chi connectivity index (χ1) is 8.77. The fourth-order valence-corrected chi connectivity index (χ4v) is 3.66. The van der Waals surface area contributed by atoms with Crippen LogP contribution in [0, 0.1) is 0 Å². The van der Waals surface area contributed by atoms with Crippen molar-refractivity contribution in [3.8, 4) is 0 Å². The molecule has 18 heavy (non-hydrogen) atoms. The Morgan fingerprint density at radius 2 is 2.00 bits per heavy atom. The van der Waals surface area contributed by atoms with Gasteiger partial charge in [-0.2, -0.15) is 0 Å². The van der Waals surface area contributed by atoms with E-state index < -0.39 is 0 Å². The van der Waals surface area contributed by atoms with Crippen molar-refractivity contribution in [1.29, 1.82) is 0 Å². The second kappa shape index (κ2) is 4.60. The molecule has 96 valence electrons. The largest absolute Gasteiger partial charge is 0.360 e. The molecule has 3 rings (SSSR count). The molecule has 0 spiro atoms. The summed E-state index contributed by atoms with van der Waals surface area (Å²) in [5.74, 6) is 0. The van der Waals surface area contributed by atoms with E-state index in [0.717, 1.165) is 10.5 Å². The Hall–Kier alpha value is -0.990. The minimum Gasteiger partial charge on any atom is -0.360 e. The van der Waals surface area contributed by atoms with Crippen molar-refractivity contribution in [3.63, 3.8) is 0 Å². The van der Waals surface area contributed by atoms with E-state index in [1.807, 2.05) is 6.20 Å². The molecule has 1 fully saturated rings. The van der Waals surface area contributed by atoms with E-state index in [9.17, 15) is 0 Å². The van der Waals surface area contributed by atoms with Crippen LogP contribution in [0.25, 0.3) is 10.9 Å². The fraction of sp³-hybridized carbons (Fsp3) is 0.467. The van der Waals surface area contributed by atoms with Crippen molar-refractivity contribution in [2.75, 3.05) is 6.54 Å². The summed E-state index contributed by atoms with van der Waals surface area (Å²) < 4.78 is 0. The number of hydrogen-bond donors (Lipinski definition) is 2. The van der Waals surface area contributed by atoms with Crippen LogP contribution in [0.2, 0.25) is 5.02 Å². The Labute approximate surface area is 113 Å². The molecule has 2 nitrogen and oxygen atoms in total. The lowest BCUT2D eigenvalue weighted by Gasteiger charge is -2.37. The van der Waals surface area contributed by atoms with E-state index in [1.165, 1.54) is 43.1 Å². The Morgan fingerprint density at radius 3 is 2.72 bits per heavy atom. The molecule has 1 heterocycles. The second-order valence-corrected chi connectivity index (χ2v) is 5.82. The van der Waals surface area contributed by atoms with Gasteiger partial charge in [-0.05, 0) is 24.5 Å². The van der Waals surface area contributed by atoms with Crippen molar-refractivity contribution in [3.05, 3.63) is 35.0 Å². The third-order valence-corrected chi connectivity index (χ3v) is 4.73. The molecule has 3 N–H and O–H groups in total. The van der Waals surface area contributed by atoms with Gasteiger partial charge < -0.3 is 10.7 Å². The molecule has 0 unspecified atom stereocenters. The van der Waals surface area contributed by atoms with Crippen LogP contribution in [-0.2, 0) is 5.41 Å². The van der Waals surface area contributed by atoms with Crippen LogP contribution in [0.5, 0.6) is 0 Å². The molecule has 0 radical (unpaired) electrons. The number of fused-ring (bicyclic) bond motifs is 1. The molecule has 1 aromatic heterocycles. The van der Waals surface area contributed by atoms with E-state index >= 15 is 0 Å². The van der Waals surface area contributed by atoms with Crippen LogP contribution in [0.3, 0.4) is 0 Å². The maximum absolute atomic E-state index is 6.34. The zero-order chi connectivity index (χ0) is 12.6. The summed E-state index contributed by atoms with van der Waals surface area (Å²) >= 11 is 6.34. The van der Waals surface area contributed by atoms with Gasteiger partial charge >= 0.3 is 0 Å². The van der Waals surface area contributed by atoms with Crippen molar-refractivity contribution in [2.45, 2.75) is 37.5 Å². The Kier molecular flexibility index (Phi) is 3.08. The molecule has 1 aromatic carbocycles. The van der Waals surface area contributed by atoms with Gasteiger partial charge in [0.1, 0.15) is 0 Å². The number of aromatic amines is 1. The van der Waals surface area contributed by atoms with Gasteiger partial charge in [-0.25, -0.2) is 0 Å². The molecular formula is C15H19ClN2. The van der Waals surface area contributed by atoms with Crippen LogP contribution in [0.4, 0.5) is 0 Å². The standard InChI is InChI=1S/C15H19ClN2/c16-12-9-18-13-6-4-5-11(14(12)13)15(10-17)7-2-1-3-8-15/h4-6,9,18H,1-3,7-8,10,17H2. The zero-order valence-electron chi connectivity index (χ0n) is 10.5. The number of H-pyrrole nitrogens is 1. The maximum atomic E-state index is 6.34. The van der Waals surface area contributed by atoms with E-state index in [2.05, 4.69) is 23.2 Å². The normalized spacial score (nSPS) is 19.2. The third kappa shape index (κ3) is 1.75. The lowest BCUT2D eigenvalue weighted by molar-refractivity contribution is 0.303. The molecule has 0 saturated heterocycles. The van der Waals surface area contributed by atoms with Crippen LogP contribution < -0.4 is 5.73 Å². The molecular weight excluding hydrogens is 244 g/mol. The predicted molar refractivity (Wildman–Crippen MR) is 77.1 cm³/mol. The van der Waals surface area contributed by atoms with Crippen LogP contribution in [0.1, 0.15) is 37.7 Å². The fourth-order valence-electron chi connectivity index (χ4n) is 3.40. The van der Waals surface area contributed by atoms with Crippen molar-refractivity contribution < 1.29 is 0 Å². The molecule has 0 atom stereocenters. The molecule has 0 aliphatic heterocycles. The molecule has 0 amide bonds. The highest BCUT2D eigenvalue weighted by molar-refractivity contribution is 6.35. The predicted octanol–water partition coefficient (Wildman–Crippen LogP) is 3.98. The summed E-state index contributed by atoms with van der Waals surface area (Å²) in [7, 11) is 0. The Morgan fingerprint density at radius 1 is 1.22 bits per heavy atom. The average molecular weight is 263 g/mol. The van der Waals surface area contributed by atoms with Gasteiger partial charge in [-0.15, -0.1) is 0 Å². The number of rotatable bonds is 2. The van der Waals surface area contributed by atoms with Crippen LogP contribution in [0.15, 0.2) is 24.4 Å². The Balaban J connectivity index is 2.20. The number of aromatic nitrogens is 1. The first kappa shape index (κ1) is 12.1. The minimum absolute atomic E-state index is 0.129. The molecule has 2 aromatic rings. The van der Waals surface area contributed by atoms with Crippen molar-refractivity contribution in [2.24, 2.45) is 5.73 Å². The summed E-state index contributed by atoms with van der Waals surface area (Å²) in [5.41, 5.74) is 8.72. The number of hydrogen-bond acceptors (Lipinski definition) is 1. The van der Waals surface area contributed by atoms with Gasteiger partial charge in [-0.1, -0.05) is 43.0 Å². The summed E-state index contributed by atoms with van der Waals surface area (Å²) in [6.07, 6.45) is 8.13. The second-order valence-electron chi connectivity index (χ2n) is 5.41. The van der Waals surface area contributed by atoms with Gasteiger partial charge in [0.15, 0.2) is 0 Å². The highest BCUT2D eigenvalue weighted by Crippen LogP contribution is 2.43. The Bertz CT molecular complexity index is 553. The SMILES string of the molecule is NCC1(c2cccc3[nH]cc(Cl)c23)CCCCC1. The number of nitrogens with two attached hydrogens (primary N) is 1. The summed E-state index contributed by atoms with van der Waals surface area (Å²) in [6.45, 7) is 0.716. The van der Waals surface area contributed by atoms with Gasteiger partial charge in [0.05, 0.1) is 5.02 Å². The number of nitrogens with one attached hydrogen (secondary N) is 1. The quantitative estimate of drug-likeness (QED) is 0.845. The number of benzene rings is 1. The maximum Gasteiger partial charge on any atom is 0.0662 e.